The Balaban J connectivity index is 0.000000202. The van der Waals surface area contributed by atoms with Gasteiger partial charge in [0.25, 0.3) is 0 Å². The molecule has 17 heavy (non-hydrogen) atoms. The van der Waals surface area contributed by atoms with Gasteiger partial charge in [-0.05, 0) is 25.5 Å². The minimum absolute atomic E-state index is 0.317. The normalized spacial score (nSPS) is 10.9. The van der Waals surface area contributed by atoms with Gasteiger partial charge in [-0.1, -0.05) is 61.5 Å². The van der Waals surface area contributed by atoms with Crippen molar-refractivity contribution in [2.45, 2.75) is 26.4 Å². The Morgan fingerprint density at radius 2 is 1.24 bits per heavy atom. The number of para-hydroxylation sites is 1. The van der Waals surface area contributed by atoms with Crippen LogP contribution in [0.3, 0.4) is 0 Å². The summed E-state index contributed by atoms with van der Waals surface area (Å²) in [4.78, 5) is 0. The summed E-state index contributed by atoms with van der Waals surface area (Å²) in [5, 5.41) is 0. The van der Waals surface area contributed by atoms with Gasteiger partial charge in [-0.2, -0.15) is 0 Å². The zero-order valence-electron chi connectivity index (χ0n) is 10.5. The zero-order valence-corrected chi connectivity index (χ0v) is 10.5. The van der Waals surface area contributed by atoms with E-state index in [0.717, 1.165) is 12.2 Å². The van der Waals surface area contributed by atoms with Crippen molar-refractivity contribution in [2.24, 2.45) is 0 Å². The Labute approximate surface area is 104 Å². The number of rotatable bonds is 3. The number of benzene rings is 2. The summed E-state index contributed by atoms with van der Waals surface area (Å²) in [6, 6.07) is 21.9. The largest absolute Gasteiger partial charge is 0.491 e. The van der Waals surface area contributed by atoms with Crippen LogP contribution in [0.5, 0.6) is 5.75 Å². The number of hydrogen-bond donors (Lipinski definition) is 0. The van der Waals surface area contributed by atoms with Crippen molar-refractivity contribution < 1.29 is 4.74 Å². The second-order valence-corrected chi connectivity index (χ2v) is 3.80. The van der Waals surface area contributed by atoms with Gasteiger partial charge in [-0.25, -0.2) is 0 Å². The van der Waals surface area contributed by atoms with Crippen LogP contribution in [-0.4, -0.2) is 6.10 Å². The highest BCUT2D eigenvalue weighted by Gasteiger charge is 1.97. The molecule has 2 aromatic carbocycles. The van der Waals surface area contributed by atoms with Crippen molar-refractivity contribution in [1.82, 2.24) is 0 Å². The topological polar surface area (TPSA) is 9.23 Å². The van der Waals surface area contributed by atoms with Crippen LogP contribution in [0.15, 0.2) is 66.7 Å². The van der Waals surface area contributed by atoms with E-state index in [1.54, 1.807) is 0 Å². The van der Waals surface area contributed by atoms with E-state index in [2.05, 4.69) is 13.8 Å². The third kappa shape index (κ3) is 6.41. The predicted molar refractivity (Wildman–Crippen MR) is 73.3 cm³/mol. The summed E-state index contributed by atoms with van der Waals surface area (Å²) in [7, 11) is 0. The lowest BCUT2D eigenvalue weighted by Gasteiger charge is -2.11. The molecule has 0 bridgehead atoms. The van der Waals surface area contributed by atoms with Crippen LogP contribution in [0, 0.1) is 0 Å². The van der Waals surface area contributed by atoms with Crippen LogP contribution in [0.2, 0.25) is 0 Å². The molecule has 2 rings (SSSR count). The molecule has 1 heteroatoms. The average Bonchev–Trinajstić information content (AvgIpc) is 2.42. The van der Waals surface area contributed by atoms with Crippen LogP contribution in [0.25, 0.3) is 0 Å². The summed E-state index contributed by atoms with van der Waals surface area (Å²) >= 11 is 0. The molecule has 1 atom stereocenters. The second-order valence-electron chi connectivity index (χ2n) is 3.80. The highest BCUT2D eigenvalue weighted by Crippen LogP contribution is 2.11. The molecule has 0 heterocycles. The molecule has 0 saturated heterocycles. The highest BCUT2D eigenvalue weighted by atomic mass is 16.5. The minimum atomic E-state index is 0.317. The monoisotopic (exact) mass is 228 g/mol. The van der Waals surface area contributed by atoms with E-state index < -0.39 is 0 Å². The Bertz CT molecular complexity index is 343. The lowest BCUT2D eigenvalue weighted by molar-refractivity contribution is 0.217. The summed E-state index contributed by atoms with van der Waals surface area (Å²) in [5.74, 6) is 0.960. The van der Waals surface area contributed by atoms with Crippen LogP contribution in [-0.2, 0) is 0 Å². The van der Waals surface area contributed by atoms with E-state index in [4.69, 9.17) is 4.74 Å². The third-order valence-corrected chi connectivity index (χ3v) is 2.32. The molecule has 0 aliphatic rings. The van der Waals surface area contributed by atoms with Crippen LogP contribution < -0.4 is 4.74 Å². The Kier molecular flexibility index (Phi) is 6.57. The van der Waals surface area contributed by atoms with Gasteiger partial charge in [0, 0.05) is 0 Å². The van der Waals surface area contributed by atoms with E-state index in [1.165, 1.54) is 0 Å². The molecule has 0 amide bonds. The first-order valence-corrected chi connectivity index (χ1v) is 6.04. The van der Waals surface area contributed by atoms with E-state index in [1.807, 2.05) is 66.7 Å². The van der Waals surface area contributed by atoms with Crippen molar-refractivity contribution in [1.29, 1.82) is 0 Å². The Morgan fingerprint density at radius 1 is 0.824 bits per heavy atom. The third-order valence-electron chi connectivity index (χ3n) is 2.32. The van der Waals surface area contributed by atoms with Crippen molar-refractivity contribution in [3.05, 3.63) is 66.7 Å². The van der Waals surface area contributed by atoms with Crippen LogP contribution >= 0.6 is 0 Å². The van der Waals surface area contributed by atoms with Crippen molar-refractivity contribution in [2.75, 3.05) is 0 Å². The molecule has 0 aromatic heterocycles. The van der Waals surface area contributed by atoms with Crippen molar-refractivity contribution in [3.63, 3.8) is 0 Å². The van der Waals surface area contributed by atoms with Crippen molar-refractivity contribution >= 4 is 0 Å². The fourth-order valence-electron chi connectivity index (χ4n) is 1.20. The fraction of sp³-hybridized carbons (Fsp3) is 0.250. The first kappa shape index (κ1) is 13.3. The van der Waals surface area contributed by atoms with Gasteiger partial charge in [-0.15, -0.1) is 0 Å². The van der Waals surface area contributed by atoms with Gasteiger partial charge in [-0.3, -0.25) is 0 Å². The molecule has 0 aliphatic heterocycles. The Hall–Kier alpha value is -1.76. The van der Waals surface area contributed by atoms with Gasteiger partial charge < -0.3 is 4.74 Å². The summed E-state index contributed by atoms with van der Waals surface area (Å²) in [5.41, 5.74) is 0. The molecule has 0 fully saturated rings. The first-order chi connectivity index (χ1) is 8.33. The molecule has 0 spiro atoms. The maximum atomic E-state index is 5.56. The molecule has 0 radical (unpaired) electrons. The average molecular weight is 228 g/mol. The highest BCUT2D eigenvalue weighted by molar-refractivity contribution is 5.21. The van der Waals surface area contributed by atoms with E-state index >= 15 is 0 Å². The van der Waals surface area contributed by atoms with Gasteiger partial charge >= 0.3 is 0 Å². The zero-order chi connectivity index (χ0) is 12.3. The summed E-state index contributed by atoms with van der Waals surface area (Å²) in [6.45, 7) is 4.20. The molecule has 90 valence electrons. The maximum Gasteiger partial charge on any atom is 0.119 e. The lowest BCUT2D eigenvalue weighted by atomic mass is 10.3. The molecular formula is C16H20O. The first-order valence-electron chi connectivity index (χ1n) is 6.04. The lowest BCUT2D eigenvalue weighted by Crippen LogP contribution is -2.09. The molecular weight excluding hydrogens is 208 g/mol. The van der Waals surface area contributed by atoms with Gasteiger partial charge in [0.15, 0.2) is 0 Å². The molecule has 1 unspecified atom stereocenters. The van der Waals surface area contributed by atoms with Gasteiger partial charge in [0.05, 0.1) is 6.10 Å². The van der Waals surface area contributed by atoms with E-state index in [-0.39, 0.29) is 0 Å². The van der Waals surface area contributed by atoms with Gasteiger partial charge in [0.2, 0.25) is 0 Å². The molecule has 0 aliphatic carbocycles. The fourth-order valence-corrected chi connectivity index (χ4v) is 1.20. The van der Waals surface area contributed by atoms with Crippen LogP contribution in [0.1, 0.15) is 20.3 Å². The molecule has 0 saturated carbocycles. The minimum Gasteiger partial charge on any atom is -0.491 e. The maximum absolute atomic E-state index is 5.56. The van der Waals surface area contributed by atoms with Crippen LogP contribution in [0.4, 0.5) is 0 Å². The Morgan fingerprint density at radius 3 is 1.65 bits per heavy atom. The summed E-state index contributed by atoms with van der Waals surface area (Å²) < 4.78 is 5.56. The van der Waals surface area contributed by atoms with E-state index in [9.17, 15) is 0 Å². The second kappa shape index (κ2) is 8.40. The quantitative estimate of drug-likeness (QED) is 0.748. The standard InChI is InChI=1S/C10H14O.C6H6/c1-3-9(2)11-10-7-5-4-6-8-10;1-2-4-6-5-3-1/h4-9H,3H2,1-2H3;1-6H. The summed E-state index contributed by atoms with van der Waals surface area (Å²) in [6.07, 6.45) is 1.37. The smallest absolute Gasteiger partial charge is 0.119 e. The van der Waals surface area contributed by atoms with E-state index in [0.29, 0.717) is 6.10 Å². The molecule has 0 N–H and O–H groups in total. The number of ether oxygens (including phenoxy) is 1. The number of hydrogen-bond acceptors (Lipinski definition) is 1. The molecule has 1 nitrogen and oxygen atoms in total. The molecule has 2 aromatic rings. The van der Waals surface area contributed by atoms with Crippen molar-refractivity contribution in [3.8, 4) is 5.75 Å². The SMILES string of the molecule is CCC(C)Oc1ccccc1.c1ccccc1. The predicted octanol–water partition coefficient (Wildman–Crippen LogP) is 4.55. The van der Waals surface area contributed by atoms with Gasteiger partial charge in [0.1, 0.15) is 5.75 Å².